The minimum absolute atomic E-state index is 0.120. The predicted octanol–water partition coefficient (Wildman–Crippen LogP) is 4.43. The smallest absolute Gasteiger partial charge is 0.243 e. The second kappa shape index (κ2) is 8.05. The number of rotatable bonds is 6. The van der Waals surface area contributed by atoms with Gasteiger partial charge in [-0.2, -0.15) is 4.31 Å². The van der Waals surface area contributed by atoms with Crippen LogP contribution in [0.1, 0.15) is 24.8 Å². The van der Waals surface area contributed by atoms with Crippen molar-refractivity contribution >= 4 is 20.8 Å². The SMILES string of the molecule is CCOc1ccc(S(=O)(=O)N2CCC(c3ccccc3OC)C2)c2ccccc12. The zero-order valence-electron chi connectivity index (χ0n) is 16.7. The number of nitrogens with zero attached hydrogens (tertiary/aromatic N) is 1. The molecule has 3 aromatic rings. The number of hydrogen-bond acceptors (Lipinski definition) is 4. The van der Waals surface area contributed by atoms with E-state index in [4.69, 9.17) is 9.47 Å². The van der Waals surface area contributed by atoms with Crippen molar-refractivity contribution in [3.05, 3.63) is 66.2 Å². The van der Waals surface area contributed by atoms with Crippen LogP contribution in [-0.4, -0.2) is 39.5 Å². The average Bonchev–Trinajstić information content (AvgIpc) is 3.25. The van der Waals surface area contributed by atoms with Crippen LogP contribution in [0.3, 0.4) is 0 Å². The lowest BCUT2D eigenvalue weighted by atomic mass is 9.97. The van der Waals surface area contributed by atoms with Crippen molar-refractivity contribution in [2.75, 3.05) is 26.8 Å². The third-order valence-electron chi connectivity index (χ3n) is 5.49. The molecule has 0 radical (unpaired) electrons. The van der Waals surface area contributed by atoms with Crippen molar-refractivity contribution in [3.8, 4) is 11.5 Å². The number of ether oxygens (including phenoxy) is 2. The first-order valence-electron chi connectivity index (χ1n) is 9.84. The minimum Gasteiger partial charge on any atom is -0.496 e. The average molecular weight is 412 g/mol. The summed E-state index contributed by atoms with van der Waals surface area (Å²) >= 11 is 0. The second-order valence-electron chi connectivity index (χ2n) is 7.13. The first-order valence-corrected chi connectivity index (χ1v) is 11.3. The summed E-state index contributed by atoms with van der Waals surface area (Å²) < 4.78 is 39.8. The van der Waals surface area contributed by atoms with E-state index in [1.54, 1.807) is 23.5 Å². The van der Waals surface area contributed by atoms with Gasteiger partial charge in [0.05, 0.1) is 18.6 Å². The Morgan fingerprint density at radius 2 is 1.69 bits per heavy atom. The molecule has 3 aromatic carbocycles. The molecule has 0 spiro atoms. The number of hydrogen-bond donors (Lipinski definition) is 0. The van der Waals surface area contributed by atoms with Gasteiger partial charge in [0.2, 0.25) is 10.0 Å². The largest absolute Gasteiger partial charge is 0.496 e. The van der Waals surface area contributed by atoms with E-state index in [0.717, 1.165) is 23.1 Å². The van der Waals surface area contributed by atoms with Crippen LogP contribution < -0.4 is 9.47 Å². The molecule has 1 saturated heterocycles. The van der Waals surface area contributed by atoms with E-state index in [-0.39, 0.29) is 5.92 Å². The molecule has 6 heteroatoms. The van der Waals surface area contributed by atoms with Crippen LogP contribution in [0, 0.1) is 0 Å². The van der Waals surface area contributed by atoms with Gasteiger partial charge in [-0.1, -0.05) is 42.5 Å². The Morgan fingerprint density at radius 1 is 0.966 bits per heavy atom. The van der Waals surface area contributed by atoms with Gasteiger partial charge >= 0.3 is 0 Å². The molecule has 0 aromatic heterocycles. The van der Waals surface area contributed by atoms with Crippen molar-refractivity contribution < 1.29 is 17.9 Å². The molecule has 0 bridgehead atoms. The third kappa shape index (κ3) is 3.58. The molecule has 1 fully saturated rings. The summed E-state index contributed by atoms with van der Waals surface area (Å²) in [6.07, 6.45) is 0.772. The summed E-state index contributed by atoms with van der Waals surface area (Å²) in [4.78, 5) is 0.331. The molecular formula is C23H25NO4S. The van der Waals surface area contributed by atoms with Crippen LogP contribution in [0.25, 0.3) is 10.8 Å². The standard InChI is InChI=1S/C23H25NO4S/c1-3-28-22-12-13-23(20-10-5-4-9-19(20)22)29(25,26)24-15-14-17(16-24)18-8-6-7-11-21(18)27-2/h4-13,17H,3,14-16H2,1-2H3. The molecule has 1 aliphatic heterocycles. The lowest BCUT2D eigenvalue weighted by molar-refractivity contribution is 0.344. The Labute approximate surface area is 171 Å². The van der Waals surface area contributed by atoms with Crippen LogP contribution in [0.5, 0.6) is 11.5 Å². The molecule has 4 rings (SSSR count). The fourth-order valence-electron chi connectivity index (χ4n) is 4.09. The molecule has 1 aliphatic rings. The first kappa shape index (κ1) is 19.7. The van der Waals surface area contributed by atoms with Gasteiger partial charge in [0.15, 0.2) is 0 Å². The maximum Gasteiger partial charge on any atom is 0.243 e. The van der Waals surface area contributed by atoms with Crippen LogP contribution in [0.15, 0.2) is 65.6 Å². The highest BCUT2D eigenvalue weighted by Gasteiger charge is 2.35. The van der Waals surface area contributed by atoms with E-state index in [9.17, 15) is 8.42 Å². The highest BCUT2D eigenvalue weighted by Crippen LogP contribution is 2.38. The zero-order chi connectivity index (χ0) is 20.4. The fraction of sp³-hybridized carbons (Fsp3) is 0.304. The van der Waals surface area contributed by atoms with Gasteiger partial charge in [0.25, 0.3) is 0 Å². The predicted molar refractivity (Wildman–Crippen MR) is 114 cm³/mol. The molecular weight excluding hydrogens is 386 g/mol. The number of sulfonamides is 1. The number of methoxy groups -OCH3 is 1. The van der Waals surface area contributed by atoms with Gasteiger partial charge in [-0.3, -0.25) is 0 Å². The lowest BCUT2D eigenvalue weighted by Gasteiger charge is -2.19. The molecule has 0 saturated carbocycles. The maximum atomic E-state index is 13.5. The van der Waals surface area contributed by atoms with Gasteiger partial charge in [-0.15, -0.1) is 0 Å². The number of para-hydroxylation sites is 1. The maximum absolute atomic E-state index is 13.5. The Bertz CT molecular complexity index is 1130. The van der Waals surface area contributed by atoms with Crippen molar-refractivity contribution in [1.82, 2.24) is 4.31 Å². The molecule has 0 amide bonds. The molecule has 1 unspecified atom stereocenters. The highest BCUT2D eigenvalue weighted by atomic mass is 32.2. The molecule has 0 N–H and O–H groups in total. The summed E-state index contributed by atoms with van der Waals surface area (Å²) in [6.45, 7) is 3.39. The Morgan fingerprint density at radius 3 is 2.45 bits per heavy atom. The van der Waals surface area contributed by atoms with Crippen molar-refractivity contribution in [1.29, 1.82) is 0 Å². The summed E-state index contributed by atoms with van der Waals surface area (Å²) in [7, 11) is -1.97. The fourth-order valence-corrected chi connectivity index (χ4v) is 5.79. The van der Waals surface area contributed by atoms with Crippen LogP contribution in [0.4, 0.5) is 0 Å². The van der Waals surface area contributed by atoms with Crippen molar-refractivity contribution in [3.63, 3.8) is 0 Å². The molecule has 29 heavy (non-hydrogen) atoms. The summed E-state index contributed by atoms with van der Waals surface area (Å²) in [5, 5.41) is 1.51. The van der Waals surface area contributed by atoms with E-state index in [1.807, 2.05) is 55.5 Å². The Kier molecular flexibility index (Phi) is 5.48. The molecule has 5 nitrogen and oxygen atoms in total. The normalized spacial score (nSPS) is 17.5. The van der Waals surface area contributed by atoms with Crippen molar-refractivity contribution in [2.24, 2.45) is 0 Å². The van der Waals surface area contributed by atoms with Crippen molar-refractivity contribution in [2.45, 2.75) is 24.2 Å². The van der Waals surface area contributed by atoms with Gasteiger partial charge in [-0.05, 0) is 37.1 Å². The summed E-state index contributed by atoms with van der Waals surface area (Å²) in [6, 6.07) is 18.8. The highest BCUT2D eigenvalue weighted by molar-refractivity contribution is 7.89. The topological polar surface area (TPSA) is 55.8 Å². The van der Waals surface area contributed by atoms with Gasteiger partial charge in [0.1, 0.15) is 11.5 Å². The molecule has 0 aliphatic carbocycles. The van der Waals surface area contributed by atoms with E-state index < -0.39 is 10.0 Å². The van der Waals surface area contributed by atoms with Gasteiger partial charge in [0, 0.05) is 29.8 Å². The third-order valence-corrected chi connectivity index (χ3v) is 7.41. The van der Waals surface area contributed by atoms with E-state index in [2.05, 4.69) is 0 Å². The summed E-state index contributed by atoms with van der Waals surface area (Å²) in [5.74, 6) is 1.63. The van der Waals surface area contributed by atoms with Crippen LogP contribution >= 0.6 is 0 Å². The lowest BCUT2D eigenvalue weighted by Crippen LogP contribution is -2.29. The number of fused-ring (bicyclic) bond motifs is 1. The molecule has 152 valence electrons. The van der Waals surface area contributed by atoms with E-state index >= 15 is 0 Å². The van der Waals surface area contributed by atoms with Gasteiger partial charge < -0.3 is 9.47 Å². The Balaban J connectivity index is 1.69. The Hall–Kier alpha value is -2.57. The first-order chi connectivity index (χ1) is 14.1. The second-order valence-corrected chi connectivity index (χ2v) is 9.04. The molecule has 1 atom stereocenters. The van der Waals surface area contributed by atoms with E-state index in [1.165, 1.54) is 0 Å². The van der Waals surface area contributed by atoms with Gasteiger partial charge in [-0.25, -0.2) is 8.42 Å². The van der Waals surface area contributed by atoms with E-state index in [0.29, 0.717) is 35.7 Å². The number of benzene rings is 3. The summed E-state index contributed by atoms with van der Waals surface area (Å²) in [5.41, 5.74) is 1.06. The van der Waals surface area contributed by atoms with Crippen LogP contribution in [0.2, 0.25) is 0 Å². The quantitative estimate of drug-likeness (QED) is 0.602. The zero-order valence-corrected chi connectivity index (χ0v) is 17.5. The van der Waals surface area contributed by atoms with Crippen LogP contribution in [-0.2, 0) is 10.0 Å². The minimum atomic E-state index is -3.62. The monoisotopic (exact) mass is 411 g/mol. The molecule has 1 heterocycles.